The smallest absolute Gasteiger partial charge is 0.225 e. The third kappa shape index (κ3) is 2.83. The van der Waals surface area contributed by atoms with Crippen LogP contribution in [0.1, 0.15) is 24.2 Å². The van der Waals surface area contributed by atoms with E-state index in [1.165, 1.54) is 12.8 Å². The van der Waals surface area contributed by atoms with Crippen LogP contribution in [0, 0.1) is 12.8 Å². The lowest BCUT2D eigenvalue weighted by atomic mass is 10.3. The highest BCUT2D eigenvalue weighted by atomic mass is 16.4. The molecule has 1 aliphatic carbocycles. The number of oxime groups is 1. The minimum Gasteiger partial charge on any atom is -0.409 e. The lowest BCUT2D eigenvalue weighted by Gasteiger charge is -2.17. The average Bonchev–Trinajstić information content (AvgIpc) is 3.11. The van der Waals surface area contributed by atoms with Crippen molar-refractivity contribution in [2.75, 3.05) is 18.5 Å². The summed E-state index contributed by atoms with van der Waals surface area (Å²) in [6, 6.07) is 1.70. The largest absolute Gasteiger partial charge is 0.409 e. The van der Waals surface area contributed by atoms with Gasteiger partial charge in [0.25, 0.3) is 0 Å². The first-order chi connectivity index (χ1) is 8.10. The minimum atomic E-state index is 0.0107. The van der Waals surface area contributed by atoms with E-state index in [-0.39, 0.29) is 5.84 Å². The molecule has 17 heavy (non-hydrogen) atoms. The molecule has 1 aromatic rings. The number of nitrogens with zero attached hydrogens (tertiary/aromatic N) is 4. The van der Waals surface area contributed by atoms with Gasteiger partial charge in [-0.3, -0.25) is 0 Å². The molecule has 0 amide bonds. The number of aromatic nitrogens is 2. The summed E-state index contributed by atoms with van der Waals surface area (Å²) >= 11 is 0. The molecule has 0 aromatic carbocycles. The van der Waals surface area contributed by atoms with Gasteiger partial charge in [0.05, 0.1) is 0 Å². The molecule has 1 saturated carbocycles. The molecular formula is C11H17N5O. The molecule has 0 radical (unpaired) electrons. The van der Waals surface area contributed by atoms with Gasteiger partial charge in [0, 0.05) is 19.3 Å². The first-order valence-corrected chi connectivity index (χ1v) is 5.65. The lowest BCUT2D eigenvalue weighted by Crippen LogP contribution is -2.25. The Balaban J connectivity index is 2.23. The summed E-state index contributed by atoms with van der Waals surface area (Å²) in [5, 5.41) is 11.6. The van der Waals surface area contributed by atoms with E-state index >= 15 is 0 Å². The number of nitrogens with two attached hydrogens (primary N) is 1. The molecule has 0 bridgehead atoms. The van der Waals surface area contributed by atoms with Crippen LogP contribution in [-0.2, 0) is 0 Å². The molecule has 0 saturated heterocycles. The molecule has 92 valence electrons. The molecule has 0 unspecified atom stereocenters. The van der Waals surface area contributed by atoms with Crippen LogP contribution in [0.15, 0.2) is 11.2 Å². The Kier molecular flexibility index (Phi) is 3.12. The number of anilines is 1. The predicted octanol–water partition coefficient (Wildman–Crippen LogP) is 0.726. The Morgan fingerprint density at radius 3 is 2.88 bits per heavy atom. The third-order valence-electron chi connectivity index (χ3n) is 2.78. The maximum absolute atomic E-state index is 8.65. The average molecular weight is 235 g/mol. The van der Waals surface area contributed by atoms with Gasteiger partial charge in [-0.05, 0) is 31.7 Å². The minimum absolute atomic E-state index is 0.0107. The maximum atomic E-state index is 8.65. The van der Waals surface area contributed by atoms with Crippen LogP contribution in [0.3, 0.4) is 0 Å². The van der Waals surface area contributed by atoms with Crippen LogP contribution in [-0.4, -0.2) is 34.6 Å². The van der Waals surface area contributed by atoms with E-state index in [9.17, 15) is 0 Å². The second kappa shape index (κ2) is 4.57. The summed E-state index contributed by atoms with van der Waals surface area (Å²) in [5.74, 6) is 1.39. The lowest BCUT2D eigenvalue weighted by molar-refractivity contribution is 0.318. The summed E-state index contributed by atoms with van der Waals surface area (Å²) in [4.78, 5) is 10.7. The van der Waals surface area contributed by atoms with Gasteiger partial charge >= 0.3 is 0 Å². The Hall–Kier alpha value is -1.85. The van der Waals surface area contributed by atoms with Gasteiger partial charge in [0.15, 0.2) is 5.84 Å². The van der Waals surface area contributed by atoms with Gasteiger partial charge < -0.3 is 15.8 Å². The van der Waals surface area contributed by atoms with E-state index in [1.807, 2.05) is 18.9 Å². The number of aryl methyl sites for hydroxylation is 1. The second-order valence-corrected chi connectivity index (χ2v) is 4.50. The molecule has 6 heteroatoms. The third-order valence-corrected chi connectivity index (χ3v) is 2.78. The summed E-state index contributed by atoms with van der Waals surface area (Å²) in [6.07, 6.45) is 2.56. The highest BCUT2D eigenvalue weighted by molar-refractivity contribution is 5.95. The number of amidine groups is 1. The van der Waals surface area contributed by atoms with E-state index in [0.29, 0.717) is 11.6 Å². The molecule has 0 spiro atoms. The fourth-order valence-electron chi connectivity index (χ4n) is 1.68. The second-order valence-electron chi connectivity index (χ2n) is 4.50. The van der Waals surface area contributed by atoms with Gasteiger partial charge in [-0.25, -0.2) is 9.97 Å². The number of rotatable bonds is 4. The van der Waals surface area contributed by atoms with Gasteiger partial charge in [-0.15, -0.1) is 0 Å². The molecule has 1 fully saturated rings. The first-order valence-electron chi connectivity index (χ1n) is 5.65. The van der Waals surface area contributed by atoms with Crippen LogP contribution < -0.4 is 10.6 Å². The fraction of sp³-hybridized carbons (Fsp3) is 0.545. The molecule has 1 aliphatic rings. The van der Waals surface area contributed by atoms with E-state index in [2.05, 4.69) is 15.1 Å². The van der Waals surface area contributed by atoms with Crippen molar-refractivity contribution in [2.24, 2.45) is 16.8 Å². The zero-order valence-electron chi connectivity index (χ0n) is 10.1. The van der Waals surface area contributed by atoms with Gasteiger partial charge in [-0.2, -0.15) is 0 Å². The zero-order chi connectivity index (χ0) is 12.4. The SMILES string of the molecule is Cc1cc(/C(N)=N/O)nc(N(C)CC2CC2)n1. The molecule has 6 nitrogen and oxygen atoms in total. The van der Waals surface area contributed by atoms with Crippen LogP contribution >= 0.6 is 0 Å². The van der Waals surface area contributed by atoms with E-state index < -0.39 is 0 Å². The van der Waals surface area contributed by atoms with Crippen molar-refractivity contribution in [1.82, 2.24) is 9.97 Å². The van der Waals surface area contributed by atoms with Crippen LogP contribution in [0.4, 0.5) is 5.95 Å². The van der Waals surface area contributed by atoms with Crippen LogP contribution in [0.2, 0.25) is 0 Å². The number of hydrogen-bond donors (Lipinski definition) is 2. The Morgan fingerprint density at radius 2 is 2.29 bits per heavy atom. The van der Waals surface area contributed by atoms with Crippen molar-refractivity contribution < 1.29 is 5.21 Å². The first kappa shape index (κ1) is 11.6. The molecule has 2 rings (SSSR count). The summed E-state index contributed by atoms with van der Waals surface area (Å²) in [5.41, 5.74) is 6.80. The Morgan fingerprint density at radius 1 is 1.59 bits per heavy atom. The van der Waals surface area contributed by atoms with Crippen molar-refractivity contribution >= 4 is 11.8 Å². The molecule has 0 atom stereocenters. The molecular weight excluding hydrogens is 218 g/mol. The topological polar surface area (TPSA) is 87.6 Å². The molecule has 3 N–H and O–H groups in total. The van der Waals surface area contributed by atoms with E-state index in [1.54, 1.807) is 6.07 Å². The van der Waals surface area contributed by atoms with Gasteiger partial charge in [0.1, 0.15) is 5.69 Å². The van der Waals surface area contributed by atoms with E-state index in [0.717, 1.165) is 18.2 Å². The molecule has 1 aromatic heterocycles. The standard InChI is InChI=1S/C11H17N5O/c1-7-5-9(10(12)15-17)14-11(13-7)16(2)6-8-3-4-8/h5,8,17H,3-4,6H2,1-2H3,(H2,12,15). The molecule has 1 heterocycles. The Bertz CT molecular complexity index is 441. The highest BCUT2D eigenvalue weighted by Crippen LogP contribution is 2.30. The Labute approximate surface area is 100 Å². The van der Waals surface area contributed by atoms with Crippen molar-refractivity contribution in [3.8, 4) is 0 Å². The predicted molar refractivity (Wildman–Crippen MR) is 65.3 cm³/mol. The summed E-state index contributed by atoms with van der Waals surface area (Å²) in [7, 11) is 1.96. The monoisotopic (exact) mass is 235 g/mol. The van der Waals surface area contributed by atoms with Gasteiger partial charge in [-0.1, -0.05) is 5.16 Å². The number of hydrogen-bond acceptors (Lipinski definition) is 5. The maximum Gasteiger partial charge on any atom is 0.225 e. The van der Waals surface area contributed by atoms with Crippen molar-refractivity contribution in [2.45, 2.75) is 19.8 Å². The fourth-order valence-corrected chi connectivity index (χ4v) is 1.68. The van der Waals surface area contributed by atoms with Crippen molar-refractivity contribution in [3.05, 3.63) is 17.5 Å². The van der Waals surface area contributed by atoms with Crippen LogP contribution in [0.25, 0.3) is 0 Å². The van der Waals surface area contributed by atoms with Crippen molar-refractivity contribution in [3.63, 3.8) is 0 Å². The summed E-state index contributed by atoms with van der Waals surface area (Å²) < 4.78 is 0. The normalized spacial score (nSPS) is 16.0. The zero-order valence-corrected chi connectivity index (χ0v) is 10.1. The quantitative estimate of drug-likeness (QED) is 0.347. The van der Waals surface area contributed by atoms with Crippen LogP contribution in [0.5, 0.6) is 0 Å². The van der Waals surface area contributed by atoms with Crippen molar-refractivity contribution in [1.29, 1.82) is 0 Å². The summed E-state index contributed by atoms with van der Waals surface area (Å²) in [6.45, 7) is 2.82. The van der Waals surface area contributed by atoms with E-state index in [4.69, 9.17) is 10.9 Å². The van der Waals surface area contributed by atoms with Gasteiger partial charge in [0.2, 0.25) is 5.95 Å². The highest BCUT2D eigenvalue weighted by Gasteiger charge is 2.24. The molecule has 0 aliphatic heterocycles.